The van der Waals surface area contributed by atoms with Crippen molar-refractivity contribution in [3.8, 4) is 0 Å². The lowest BCUT2D eigenvalue weighted by molar-refractivity contribution is 0.0696. The molecule has 0 atom stereocenters. The second kappa shape index (κ2) is 6.06. The van der Waals surface area contributed by atoms with E-state index in [9.17, 15) is 4.79 Å². The van der Waals surface area contributed by atoms with Gasteiger partial charge in [-0.3, -0.25) is 4.90 Å². The van der Waals surface area contributed by atoms with Crippen molar-refractivity contribution in [2.45, 2.75) is 44.7 Å². The molecule has 4 heteroatoms. The number of nitrogen functional groups attached to an aromatic ring is 1. The molecule has 1 aromatic rings. The number of carboxylic acids is 1. The molecule has 1 aliphatic rings. The van der Waals surface area contributed by atoms with Crippen LogP contribution >= 0.6 is 0 Å². The summed E-state index contributed by atoms with van der Waals surface area (Å²) >= 11 is 0. The predicted molar refractivity (Wildman–Crippen MR) is 76.2 cm³/mol. The molecule has 104 valence electrons. The first-order chi connectivity index (χ1) is 9.08. The van der Waals surface area contributed by atoms with Crippen LogP contribution in [0.5, 0.6) is 0 Å². The third-order valence-corrected chi connectivity index (χ3v) is 4.01. The molecule has 1 aliphatic carbocycles. The van der Waals surface area contributed by atoms with Crippen LogP contribution in [-0.4, -0.2) is 29.1 Å². The minimum absolute atomic E-state index is 0.307. The van der Waals surface area contributed by atoms with E-state index in [1.807, 2.05) is 0 Å². The van der Waals surface area contributed by atoms with Gasteiger partial charge in [-0.1, -0.05) is 19.3 Å². The summed E-state index contributed by atoms with van der Waals surface area (Å²) in [6.07, 6.45) is 6.38. The van der Waals surface area contributed by atoms with Crippen LogP contribution in [0.15, 0.2) is 18.2 Å². The lowest BCUT2D eigenvalue weighted by Gasteiger charge is -2.31. The summed E-state index contributed by atoms with van der Waals surface area (Å²) in [5, 5.41) is 9.03. The Balaban J connectivity index is 2.08. The quantitative estimate of drug-likeness (QED) is 0.819. The topological polar surface area (TPSA) is 66.6 Å². The van der Waals surface area contributed by atoms with E-state index >= 15 is 0 Å². The fourth-order valence-electron chi connectivity index (χ4n) is 2.80. The second-order valence-corrected chi connectivity index (χ2v) is 5.43. The number of hydrogen-bond donors (Lipinski definition) is 2. The normalized spacial score (nSPS) is 16.7. The molecule has 0 aliphatic heterocycles. The van der Waals surface area contributed by atoms with Crippen LogP contribution in [0.25, 0.3) is 0 Å². The molecule has 0 heterocycles. The molecular formula is C15H22N2O2. The highest BCUT2D eigenvalue weighted by molar-refractivity contribution is 5.88. The Labute approximate surface area is 114 Å². The van der Waals surface area contributed by atoms with Gasteiger partial charge >= 0.3 is 5.97 Å². The Kier molecular flexibility index (Phi) is 4.43. The minimum Gasteiger partial charge on any atom is -0.478 e. The predicted octanol–water partition coefficient (Wildman–Crippen LogP) is 2.73. The van der Waals surface area contributed by atoms with Gasteiger partial charge in [-0.2, -0.15) is 0 Å². The van der Waals surface area contributed by atoms with Gasteiger partial charge in [-0.05, 0) is 43.7 Å². The molecule has 0 amide bonds. The first kappa shape index (κ1) is 13.9. The van der Waals surface area contributed by atoms with Crippen LogP contribution in [-0.2, 0) is 6.54 Å². The fraction of sp³-hybridized carbons (Fsp3) is 0.533. The number of carboxylic acid groups (broad SMARTS) is 1. The van der Waals surface area contributed by atoms with Gasteiger partial charge < -0.3 is 10.8 Å². The van der Waals surface area contributed by atoms with E-state index in [1.165, 1.54) is 32.1 Å². The number of benzene rings is 1. The van der Waals surface area contributed by atoms with Gasteiger partial charge in [0, 0.05) is 18.3 Å². The summed E-state index contributed by atoms with van der Waals surface area (Å²) < 4.78 is 0. The molecule has 0 radical (unpaired) electrons. The van der Waals surface area contributed by atoms with Crippen LogP contribution in [0.3, 0.4) is 0 Å². The van der Waals surface area contributed by atoms with E-state index in [1.54, 1.807) is 18.2 Å². The van der Waals surface area contributed by atoms with Gasteiger partial charge in [0.1, 0.15) is 0 Å². The largest absolute Gasteiger partial charge is 0.478 e. The molecule has 0 spiro atoms. The molecule has 19 heavy (non-hydrogen) atoms. The average molecular weight is 262 g/mol. The maximum Gasteiger partial charge on any atom is 0.335 e. The van der Waals surface area contributed by atoms with Crippen molar-refractivity contribution < 1.29 is 9.90 Å². The first-order valence-electron chi connectivity index (χ1n) is 6.90. The van der Waals surface area contributed by atoms with Crippen molar-refractivity contribution >= 4 is 11.7 Å². The molecule has 0 unspecified atom stereocenters. The zero-order valence-corrected chi connectivity index (χ0v) is 11.4. The maximum atomic E-state index is 11.0. The van der Waals surface area contributed by atoms with E-state index in [4.69, 9.17) is 10.8 Å². The first-order valence-corrected chi connectivity index (χ1v) is 6.90. The Bertz CT molecular complexity index is 453. The van der Waals surface area contributed by atoms with E-state index in [-0.39, 0.29) is 0 Å². The van der Waals surface area contributed by atoms with Crippen LogP contribution in [0, 0.1) is 0 Å². The van der Waals surface area contributed by atoms with Gasteiger partial charge in [0.15, 0.2) is 0 Å². The minimum atomic E-state index is -0.901. The van der Waals surface area contributed by atoms with E-state index in [0.29, 0.717) is 17.3 Å². The van der Waals surface area contributed by atoms with Crippen LogP contribution in [0.4, 0.5) is 5.69 Å². The molecule has 0 bridgehead atoms. The third-order valence-electron chi connectivity index (χ3n) is 4.01. The molecule has 1 fully saturated rings. The summed E-state index contributed by atoms with van der Waals surface area (Å²) in [6, 6.07) is 5.54. The van der Waals surface area contributed by atoms with E-state index < -0.39 is 5.97 Å². The highest BCUT2D eigenvalue weighted by Gasteiger charge is 2.19. The summed E-state index contributed by atoms with van der Waals surface area (Å²) in [7, 11) is 2.10. The number of anilines is 1. The molecule has 0 saturated heterocycles. The fourth-order valence-corrected chi connectivity index (χ4v) is 2.80. The number of nitrogens with zero attached hydrogens (tertiary/aromatic N) is 1. The van der Waals surface area contributed by atoms with E-state index in [0.717, 1.165) is 12.1 Å². The van der Waals surface area contributed by atoms with Crippen molar-refractivity contribution in [1.29, 1.82) is 0 Å². The monoisotopic (exact) mass is 262 g/mol. The average Bonchev–Trinajstić information content (AvgIpc) is 2.42. The van der Waals surface area contributed by atoms with Crippen LogP contribution < -0.4 is 5.73 Å². The summed E-state index contributed by atoms with van der Waals surface area (Å²) in [5.41, 5.74) is 7.84. The Morgan fingerprint density at radius 2 is 2.05 bits per heavy atom. The van der Waals surface area contributed by atoms with Crippen molar-refractivity contribution in [1.82, 2.24) is 4.90 Å². The molecular weight excluding hydrogens is 240 g/mol. The lowest BCUT2D eigenvalue weighted by Crippen LogP contribution is -2.33. The van der Waals surface area contributed by atoms with Crippen molar-refractivity contribution in [2.75, 3.05) is 12.8 Å². The molecule has 1 aromatic carbocycles. The summed E-state index contributed by atoms with van der Waals surface area (Å²) in [5.74, 6) is -0.901. The number of rotatable bonds is 4. The Morgan fingerprint density at radius 3 is 2.68 bits per heavy atom. The molecule has 0 aromatic heterocycles. The second-order valence-electron chi connectivity index (χ2n) is 5.43. The molecule has 2 rings (SSSR count). The summed E-state index contributed by atoms with van der Waals surface area (Å²) in [6.45, 7) is 0.720. The van der Waals surface area contributed by atoms with Gasteiger partial charge in [0.2, 0.25) is 0 Å². The third kappa shape index (κ3) is 3.47. The zero-order valence-electron chi connectivity index (χ0n) is 11.4. The van der Waals surface area contributed by atoms with Crippen molar-refractivity contribution in [3.63, 3.8) is 0 Å². The standard InChI is InChI=1S/C15H22N2O2/c1-17(13-5-3-2-4-6-13)10-12-9-11(15(18)19)7-8-14(12)16/h7-9,13H,2-6,10,16H2,1H3,(H,18,19). The van der Waals surface area contributed by atoms with Crippen molar-refractivity contribution in [2.24, 2.45) is 0 Å². The molecule has 1 saturated carbocycles. The number of carbonyl (C=O) groups is 1. The van der Waals surface area contributed by atoms with Crippen LogP contribution in [0.2, 0.25) is 0 Å². The molecule has 4 nitrogen and oxygen atoms in total. The van der Waals surface area contributed by atoms with Gasteiger partial charge in [-0.25, -0.2) is 4.79 Å². The van der Waals surface area contributed by atoms with Gasteiger partial charge in [-0.15, -0.1) is 0 Å². The highest BCUT2D eigenvalue weighted by atomic mass is 16.4. The van der Waals surface area contributed by atoms with Crippen molar-refractivity contribution in [3.05, 3.63) is 29.3 Å². The lowest BCUT2D eigenvalue weighted by atomic mass is 9.94. The smallest absolute Gasteiger partial charge is 0.335 e. The maximum absolute atomic E-state index is 11.0. The van der Waals surface area contributed by atoms with Gasteiger partial charge in [0.25, 0.3) is 0 Å². The van der Waals surface area contributed by atoms with E-state index in [2.05, 4.69) is 11.9 Å². The highest BCUT2D eigenvalue weighted by Crippen LogP contribution is 2.24. The Hall–Kier alpha value is -1.55. The van der Waals surface area contributed by atoms with Gasteiger partial charge in [0.05, 0.1) is 5.56 Å². The Morgan fingerprint density at radius 1 is 1.37 bits per heavy atom. The van der Waals surface area contributed by atoms with Crippen LogP contribution in [0.1, 0.15) is 48.0 Å². The zero-order chi connectivity index (χ0) is 13.8. The SMILES string of the molecule is CN(Cc1cc(C(=O)O)ccc1N)C1CCCCC1. The number of hydrogen-bond acceptors (Lipinski definition) is 3. The number of nitrogens with two attached hydrogens (primary N) is 1. The number of aromatic carboxylic acids is 1. The molecule has 3 N–H and O–H groups in total. The summed E-state index contributed by atoms with van der Waals surface area (Å²) in [4.78, 5) is 13.3.